The molecule has 0 saturated heterocycles. The molecule has 1 aliphatic carbocycles. The van der Waals surface area contributed by atoms with Gasteiger partial charge in [0.1, 0.15) is 5.82 Å². The van der Waals surface area contributed by atoms with Crippen molar-refractivity contribution in [1.82, 2.24) is 0 Å². The Labute approximate surface area is 103 Å². The van der Waals surface area contributed by atoms with Gasteiger partial charge in [-0.05, 0) is 30.5 Å². The Balaban J connectivity index is 1.90. The SMILES string of the molecule is Fc1cc(Cl)cc(NCC2CCC(F)(F)C2)c1. The molecule has 94 valence electrons. The summed E-state index contributed by atoms with van der Waals surface area (Å²) < 4.78 is 38.9. The van der Waals surface area contributed by atoms with Gasteiger partial charge in [0.15, 0.2) is 0 Å². The molecule has 1 unspecified atom stereocenters. The second kappa shape index (κ2) is 4.77. The molecule has 1 nitrogen and oxygen atoms in total. The van der Waals surface area contributed by atoms with Gasteiger partial charge in [-0.3, -0.25) is 0 Å². The molecule has 0 radical (unpaired) electrons. The van der Waals surface area contributed by atoms with E-state index in [1.807, 2.05) is 0 Å². The monoisotopic (exact) mass is 263 g/mol. The van der Waals surface area contributed by atoms with Gasteiger partial charge in [-0.2, -0.15) is 0 Å². The van der Waals surface area contributed by atoms with Crippen LogP contribution in [0.5, 0.6) is 0 Å². The van der Waals surface area contributed by atoms with Gasteiger partial charge in [0, 0.05) is 30.1 Å². The molecule has 1 aromatic rings. The van der Waals surface area contributed by atoms with Crippen LogP contribution in [0.3, 0.4) is 0 Å². The number of halogens is 4. The van der Waals surface area contributed by atoms with Crippen molar-refractivity contribution in [1.29, 1.82) is 0 Å². The van der Waals surface area contributed by atoms with Gasteiger partial charge in [0.25, 0.3) is 0 Å². The van der Waals surface area contributed by atoms with Crippen LogP contribution in [-0.2, 0) is 0 Å². The summed E-state index contributed by atoms with van der Waals surface area (Å²) in [5, 5.41) is 3.24. The predicted octanol–water partition coefficient (Wildman–Crippen LogP) is 4.33. The highest BCUT2D eigenvalue weighted by atomic mass is 35.5. The third kappa shape index (κ3) is 3.53. The lowest BCUT2D eigenvalue weighted by Gasteiger charge is -2.13. The summed E-state index contributed by atoms with van der Waals surface area (Å²) in [5.41, 5.74) is 0.533. The zero-order chi connectivity index (χ0) is 12.5. The van der Waals surface area contributed by atoms with E-state index in [1.54, 1.807) is 6.07 Å². The van der Waals surface area contributed by atoms with E-state index in [9.17, 15) is 13.2 Å². The predicted molar refractivity (Wildman–Crippen MR) is 62.2 cm³/mol. The largest absolute Gasteiger partial charge is 0.385 e. The van der Waals surface area contributed by atoms with E-state index in [1.165, 1.54) is 12.1 Å². The highest BCUT2D eigenvalue weighted by Crippen LogP contribution is 2.38. The van der Waals surface area contributed by atoms with Gasteiger partial charge in [-0.15, -0.1) is 0 Å². The van der Waals surface area contributed by atoms with E-state index in [0.29, 0.717) is 23.7 Å². The maximum Gasteiger partial charge on any atom is 0.248 e. The van der Waals surface area contributed by atoms with Crippen LogP contribution in [0.15, 0.2) is 18.2 Å². The highest BCUT2D eigenvalue weighted by Gasteiger charge is 2.38. The van der Waals surface area contributed by atoms with E-state index < -0.39 is 11.7 Å². The first-order valence-electron chi connectivity index (χ1n) is 5.52. The highest BCUT2D eigenvalue weighted by molar-refractivity contribution is 6.30. The quantitative estimate of drug-likeness (QED) is 0.856. The van der Waals surface area contributed by atoms with Gasteiger partial charge in [-0.1, -0.05) is 11.6 Å². The van der Waals surface area contributed by atoms with Crippen molar-refractivity contribution < 1.29 is 13.2 Å². The molecule has 1 fully saturated rings. The number of benzene rings is 1. The van der Waals surface area contributed by atoms with Crippen LogP contribution in [0, 0.1) is 11.7 Å². The van der Waals surface area contributed by atoms with E-state index in [2.05, 4.69) is 5.32 Å². The standard InChI is InChI=1S/C12H13ClF3N/c13-9-3-10(14)5-11(4-9)17-7-8-1-2-12(15,16)6-8/h3-5,8,17H,1-2,6-7H2. The summed E-state index contributed by atoms with van der Waals surface area (Å²) in [7, 11) is 0. The minimum atomic E-state index is -2.54. The molecular weight excluding hydrogens is 251 g/mol. The summed E-state index contributed by atoms with van der Waals surface area (Å²) in [6.45, 7) is 0.426. The molecule has 1 aliphatic rings. The zero-order valence-corrected chi connectivity index (χ0v) is 9.91. The average molecular weight is 264 g/mol. The maximum absolute atomic E-state index is 13.0. The lowest BCUT2D eigenvalue weighted by atomic mass is 10.1. The smallest absolute Gasteiger partial charge is 0.248 e. The molecule has 1 N–H and O–H groups in total. The number of hydrogen-bond acceptors (Lipinski definition) is 1. The molecule has 1 saturated carbocycles. The second-order valence-corrected chi connectivity index (χ2v) is 4.94. The first-order chi connectivity index (χ1) is 7.94. The van der Waals surface area contributed by atoms with Gasteiger partial charge in [0.05, 0.1) is 0 Å². The molecule has 2 rings (SSSR count). The van der Waals surface area contributed by atoms with E-state index in [-0.39, 0.29) is 18.8 Å². The fourth-order valence-electron chi connectivity index (χ4n) is 2.13. The fraction of sp³-hybridized carbons (Fsp3) is 0.500. The third-order valence-electron chi connectivity index (χ3n) is 2.96. The molecule has 0 amide bonds. The second-order valence-electron chi connectivity index (χ2n) is 4.50. The number of alkyl halides is 2. The lowest BCUT2D eigenvalue weighted by molar-refractivity contribution is 0.00556. The number of hydrogen-bond donors (Lipinski definition) is 1. The molecule has 0 spiro atoms. The summed E-state index contributed by atoms with van der Waals surface area (Å²) in [6.07, 6.45) is 0.356. The van der Waals surface area contributed by atoms with Crippen molar-refractivity contribution in [3.05, 3.63) is 29.0 Å². The number of anilines is 1. The molecule has 0 aromatic heterocycles. The first-order valence-corrected chi connectivity index (χ1v) is 5.90. The van der Waals surface area contributed by atoms with E-state index in [4.69, 9.17) is 11.6 Å². The van der Waals surface area contributed by atoms with Crippen molar-refractivity contribution in [2.45, 2.75) is 25.2 Å². The van der Waals surface area contributed by atoms with Crippen molar-refractivity contribution in [3.8, 4) is 0 Å². The van der Waals surface area contributed by atoms with Crippen LogP contribution in [0.2, 0.25) is 5.02 Å². The number of rotatable bonds is 3. The van der Waals surface area contributed by atoms with E-state index in [0.717, 1.165) is 0 Å². The average Bonchev–Trinajstić information content (AvgIpc) is 2.54. The number of nitrogens with one attached hydrogen (secondary N) is 1. The van der Waals surface area contributed by atoms with Crippen LogP contribution in [-0.4, -0.2) is 12.5 Å². The molecular formula is C12H13ClF3N. The molecule has 5 heteroatoms. The Morgan fingerprint density at radius 3 is 2.71 bits per heavy atom. The Hall–Kier alpha value is -0.900. The van der Waals surface area contributed by atoms with Crippen molar-refractivity contribution in [2.75, 3.05) is 11.9 Å². The van der Waals surface area contributed by atoms with Crippen LogP contribution < -0.4 is 5.32 Å². The Bertz CT molecular complexity index is 388. The van der Waals surface area contributed by atoms with Crippen LogP contribution in [0.1, 0.15) is 19.3 Å². The summed E-state index contributed by atoms with van der Waals surface area (Å²) in [5.74, 6) is -3.03. The van der Waals surface area contributed by atoms with Crippen molar-refractivity contribution in [2.24, 2.45) is 5.92 Å². The minimum absolute atomic E-state index is 0.0523. The normalized spacial score (nSPS) is 22.7. The van der Waals surface area contributed by atoms with Crippen LogP contribution >= 0.6 is 11.6 Å². The molecule has 17 heavy (non-hydrogen) atoms. The van der Waals surface area contributed by atoms with Gasteiger partial charge < -0.3 is 5.32 Å². The third-order valence-corrected chi connectivity index (χ3v) is 3.18. The lowest BCUT2D eigenvalue weighted by Crippen LogP contribution is -2.15. The van der Waals surface area contributed by atoms with Crippen LogP contribution in [0.4, 0.5) is 18.9 Å². The first kappa shape index (κ1) is 12.6. The van der Waals surface area contributed by atoms with Gasteiger partial charge >= 0.3 is 0 Å². The summed E-state index contributed by atoms with van der Waals surface area (Å²) in [6, 6.07) is 4.09. The van der Waals surface area contributed by atoms with Crippen molar-refractivity contribution >= 4 is 17.3 Å². The Morgan fingerprint density at radius 2 is 2.12 bits per heavy atom. The Kier molecular flexibility index (Phi) is 3.52. The van der Waals surface area contributed by atoms with Gasteiger partial charge in [0.2, 0.25) is 5.92 Å². The van der Waals surface area contributed by atoms with Gasteiger partial charge in [-0.25, -0.2) is 13.2 Å². The molecule has 0 heterocycles. The van der Waals surface area contributed by atoms with E-state index >= 15 is 0 Å². The minimum Gasteiger partial charge on any atom is -0.385 e. The summed E-state index contributed by atoms with van der Waals surface area (Å²) in [4.78, 5) is 0. The molecule has 1 aromatic carbocycles. The molecule has 1 atom stereocenters. The van der Waals surface area contributed by atoms with Crippen LogP contribution in [0.25, 0.3) is 0 Å². The van der Waals surface area contributed by atoms with Crippen molar-refractivity contribution in [3.63, 3.8) is 0 Å². The fourth-order valence-corrected chi connectivity index (χ4v) is 2.36. The maximum atomic E-state index is 13.0. The molecule has 0 aliphatic heterocycles. The topological polar surface area (TPSA) is 12.0 Å². The summed E-state index contributed by atoms with van der Waals surface area (Å²) >= 11 is 5.69. The Morgan fingerprint density at radius 1 is 1.35 bits per heavy atom. The zero-order valence-electron chi connectivity index (χ0n) is 9.15. The molecule has 0 bridgehead atoms.